The van der Waals surface area contributed by atoms with E-state index in [9.17, 15) is 101 Å². The highest BCUT2D eigenvalue weighted by molar-refractivity contribution is 5.76. The van der Waals surface area contributed by atoms with E-state index in [1.54, 1.807) is 69.2 Å². The normalized spacial score (nSPS) is 7.31. The number of Topliss-reactive ketones (excluding diaryl/α,β-unsaturated/α-hetero) is 11. The number of carbonyl (C=O) groups is 21. The average Bonchev–Trinajstić information content (AvgIpc) is 3.67. The Morgan fingerprint density at radius 2 is 0.234 bits per heavy atom. The molecule has 32 heteroatoms. The zero-order chi connectivity index (χ0) is 91.4. The number of carbonyl (C=O) groups excluding carboxylic acids is 21. The number of aliphatic hydroxyl groups is 1. The van der Waals surface area contributed by atoms with Gasteiger partial charge in [0.1, 0.15) is 63.6 Å². The van der Waals surface area contributed by atoms with Gasteiger partial charge in [-0.1, -0.05) is 0 Å². The summed E-state index contributed by atoms with van der Waals surface area (Å²) in [5.74, 6) is -0.293. The minimum Gasteiger partial charge on any atom is -0.466 e. The number of ether oxygens (including phenoxy) is 10. The molecule has 0 aromatic heterocycles. The van der Waals surface area contributed by atoms with Crippen LogP contribution in [0.5, 0.6) is 0 Å². The highest BCUT2D eigenvalue weighted by Crippen LogP contribution is 1.86. The lowest BCUT2D eigenvalue weighted by Gasteiger charge is -1.89. The molecule has 0 aliphatic rings. The van der Waals surface area contributed by atoms with Gasteiger partial charge in [0.05, 0.1) is 66.1 Å². The van der Waals surface area contributed by atoms with Gasteiger partial charge in [-0.05, 0) is 221 Å². The molecule has 0 atom stereocenters. The van der Waals surface area contributed by atoms with Gasteiger partial charge in [-0.25, -0.2) is 0 Å². The fourth-order valence-corrected chi connectivity index (χ4v) is 2.36. The van der Waals surface area contributed by atoms with Crippen LogP contribution in [0.25, 0.3) is 0 Å². The van der Waals surface area contributed by atoms with Gasteiger partial charge in [0.25, 0.3) is 0 Å². The molecule has 0 amide bonds. The van der Waals surface area contributed by atoms with E-state index in [1.807, 2.05) is 0 Å². The summed E-state index contributed by atoms with van der Waals surface area (Å²) >= 11 is 0. The molecule has 0 rings (SSSR count). The highest BCUT2D eigenvalue weighted by Gasteiger charge is 1.89. The van der Waals surface area contributed by atoms with Crippen molar-refractivity contribution in [2.24, 2.45) is 0 Å². The molecule has 0 aliphatic heterocycles. The van der Waals surface area contributed by atoms with Gasteiger partial charge in [-0.3, -0.25) is 47.9 Å². The van der Waals surface area contributed by atoms with Crippen molar-refractivity contribution in [1.29, 1.82) is 0 Å². The van der Waals surface area contributed by atoms with Crippen molar-refractivity contribution in [2.75, 3.05) is 72.7 Å². The van der Waals surface area contributed by atoms with Crippen molar-refractivity contribution in [3.8, 4) is 0 Å². The molecular formula is C75H150O32. The standard InChI is InChI=1S/C5H10O2.10C4H8O2.10C3H6O/c1-5(7)3-2-4-6;10*1-3-6-4(2)5;10*1-3(2)4/h6H,2-4H2,1H3;10*3H2,1-2H3;10*1-2H3. The van der Waals surface area contributed by atoms with Crippen molar-refractivity contribution in [2.45, 2.75) is 297 Å². The summed E-state index contributed by atoms with van der Waals surface area (Å²) in [6.07, 6.45) is 1.12. The summed E-state index contributed by atoms with van der Waals surface area (Å²) in [5.41, 5.74) is 0. The second kappa shape index (κ2) is 151. The van der Waals surface area contributed by atoms with Gasteiger partial charge in [0.15, 0.2) is 0 Å². The topological polar surface area (TPSA) is 471 Å². The summed E-state index contributed by atoms with van der Waals surface area (Å²) in [5, 5.41) is 8.16. The zero-order valence-electron chi connectivity index (χ0n) is 73.8. The van der Waals surface area contributed by atoms with Gasteiger partial charge in [0, 0.05) is 82.3 Å². The Kier molecular flexibility index (Phi) is 219. The predicted octanol–water partition coefficient (Wildman–Crippen LogP) is 12.0. The Bertz CT molecular complexity index is 1660. The number of rotatable bonds is 13. The molecule has 0 aliphatic carbocycles. The van der Waals surface area contributed by atoms with Gasteiger partial charge >= 0.3 is 59.7 Å². The summed E-state index contributed by atoms with van der Waals surface area (Å²) in [4.78, 5) is 203. The monoisotopic (exact) mass is 1560 g/mol. The Morgan fingerprint density at radius 3 is 0.243 bits per heavy atom. The zero-order valence-corrected chi connectivity index (χ0v) is 73.8. The van der Waals surface area contributed by atoms with Crippen LogP contribution < -0.4 is 0 Å². The SMILES string of the molecule is CC(=O)CCCO.CC(C)=O.CC(C)=O.CC(C)=O.CC(C)=O.CC(C)=O.CC(C)=O.CC(C)=O.CC(C)=O.CC(C)=O.CC(C)=O.CCOC(C)=O.CCOC(C)=O.CCOC(C)=O.CCOC(C)=O.CCOC(C)=O.CCOC(C)=O.CCOC(C)=O.CCOC(C)=O.CCOC(C)=O.CCOC(C)=O. The van der Waals surface area contributed by atoms with Crippen LogP contribution in [0, 0.1) is 0 Å². The molecule has 0 spiro atoms. The molecule has 642 valence electrons. The van der Waals surface area contributed by atoms with E-state index in [-0.39, 0.29) is 130 Å². The van der Waals surface area contributed by atoms with Crippen LogP contribution in [0.3, 0.4) is 0 Å². The van der Waals surface area contributed by atoms with Crippen LogP contribution in [0.1, 0.15) is 297 Å². The van der Waals surface area contributed by atoms with Crippen molar-refractivity contribution in [3.05, 3.63) is 0 Å². The highest BCUT2D eigenvalue weighted by atomic mass is 16.6. The van der Waals surface area contributed by atoms with E-state index in [1.165, 1.54) is 215 Å². The van der Waals surface area contributed by atoms with Gasteiger partial charge in [-0.15, -0.1) is 0 Å². The fourth-order valence-electron chi connectivity index (χ4n) is 2.36. The largest absolute Gasteiger partial charge is 0.466 e. The van der Waals surface area contributed by atoms with Crippen LogP contribution in [-0.2, 0) is 148 Å². The van der Waals surface area contributed by atoms with Crippen molar-refractivity contribution < 1.29 is 153 Å². The van der Waals surface area contributed by atoms with Crippen molar-refractivity contribution >= 4 is 123 Å². The third-order valence-electron chi connectivity index (χ3n) is 4.16. The van der Waals surface area contributed by atoms with Gasteiger partial charge in [-0.2, -0.15) is 0 Å². The predicted molar refractivity (Wildman–Crippen MR) is 414 cm³/mol. The van der Waals surface area contributed by atoms with Crippen molar-refractivity contribution in [3.63, 3.8) is 0 Å². The number of hydrogen-bond donors (Lipinski definition) is 1. The number of esters is 10. The lowest BCUT2D eigenvalue weighted by atomic mass is 10.2. The minimum atomic E-state index is -0.211. The van der Waals surface area contributed by atoms with E-state index in [0.717, 1.165) is 0 Å². The second-order valence-corrected chi connectivity index (χ2v) is 19.9. The van der Waals surface area contributed by atoms with Crippen LogP contribution in [0.2, 0.25) is 0 Å². The van der Waals surface area contributed by atoms with Crippen LogP contribution >= 0.6 is 0 Å². The van der Waals surface area contributed by atoms with Crippen LogP contribution in [-0.4, -0.2) is 201 Å². The second-order valence-electron chi connectivity index (χ2n) is 19.9. The Labute approximate surface area is 643 Å². The molecule has 107 heavy (non-hydrogen) atoms. The maximum absolute atomic E-state index is 10.1. The molecule has 0 aromatic carbocycles. The first-order valence-electron chi connectivity index (χ1n) is 33.5. The lowest BCUT2D eigenvalue weighted by molar-refractivity contribution is -0.141. The van der Waals surface area contributed by atoms with E-state index < -0.39 is 0 Å². The Balaban J connectivity index is -0.0000000383. The maximum atomic E-state index is 10.1. The molecule has 0 saturated heterocycles. The average molecular weight is 1560 g/mol. The Hall–Kier alpha value is -8.97. The molecule has 32 nitrogen and oxygen atoms in total. The first-order chi connectivity index (χ1) is 48.3. The minimum absolute atomic E-state index is 0.125. The smallest absolute Gasteiger partial charge is 0.302 e. The molecule has 0 heterocycles. The van der Waals surface area contributed by atoms with E-state index in [4.69, 9.17) is 5.11 Å². The summed E-state index contributed by atoms with van der Waals surface area (Å²) in [6.45, 7) is 68.7. The number of hydrogen-bond acceptors (Lipinski definition) is 32. The quantitative estimate of drug-likeness (QED) is 0.132. The first kappa shape index (κ1) is 156. The maximum Gasteiger partial charge on any atom is 0.302 e. The fraction of sp³-hybridized carbons (Fsp3) is 0.720. The molecular weight excluding hydrogens is 1410 g/mol. The number of ketones is 11. The molecule has 0 fully saturated rings. The summed E-state index contributed by atoms with van der Waals surface area (Å²) < 4.78 is 44.0. The van der Waals surface area contributed by atoms with E-state index in [0.29, 0.717) is 78.9 Å². The molecule has 0 bridgehead atoms. The summed E-state index contributed by atoms with van der Waals surface area (Å²) in [6, 6.07) is 0. The molecule has 0 saturated carbocycles. The molecule has 0 unspecified atom stereocenters. The van der Waals surface area contributed by atoms with Crippen LogP contribution in [0.4, 0.5) is 0 Å². The van der Waals surface area contributed by atoms with E-state index in [2.05, 4.69) is 47.4 Å². The van der Waals surface area contributed by atoms with Gasteiger partial charge in [0.2, 0.25) is 0 Å². The Morgan fingerprint density at radius 1 is 0.168 bits per heavy atom. The van der Waals surface area contributed by atoms with Crippen molar-refractivity contribution in [1.82, 2.24) is 0 Å². The van der Waals surface area contributed by atoms with Crippen LogP contribution in [0.15, 0.2) is 0 Å². The number of aliphatic hydroxyl groups excluding tert-OH is 1. The summed E-state index contributed by atoms with van der Waals surface area (Å²) in [7, 11) is 0. The lowest BCUT2D eigenvalue weighted by Crippen LogP contribution is -1.95. The van der Waals surface area contributed by atoms with E-state index >= 15 is 0 Å². The molecule has 0 aromatic rings. The van der Waals surface area contributed by atoms with Gasteiger partial charge < -0.3 is 105 Å². The first-order valence-corrected chi connectivity index (χ1v) is 33.5. The molecule has 0 radical (unpaired) electrons. The third kappa shape index (κ3) is 1400. The third-order valence-corrected chi connectivity index (χ3v) is 4.16. The molecule has 1 N–H and O–H groups in total.